The quantitative estimate of drug-likeness (QED) is 0.675. The molecule has 0 aliphatic carbocycles. The first kappa shape index (κ1) is 19.6. The van der Waals surface area contributed by atoms with Gasteiger partial charge in [-0.1, -0.05) is 23.9 Å². The fourth-order valence-electron chi connectivity index (χ4n) is 2.89. The van der Waals surface area contributed by atoms with Gasteiger partial charge in [0.25, 0.3) is 5.56 Å². The first-order valence-corrected chi connectivity index (χ1v) is 10.9. The number of nitrogens with two attached hydrogens (primary N) is 1. The van der Waals surface area contributed by atoms with Crippen LogP contribution in [0.15, 0.2) is 45.2 Å². The maximum Gasteiger partial charge on any atom is 0.254 e. The van der Waals surface area contributed by atoms with Gasteiger partial charge in [-0.15, -0.1) is 0 Å². The van der Waals surface area contributed by atoms with Gasteiger partial charge in [-0.2, -0.15) is 0 Å². The zero-order valence-corrected chi connectivity index (χ0v) is 16.3. The molecule has 3 N–H and O–H groups in total. The molecule has 1 aliphatic heterocycles. The molecule has 0 saturated carbocycles. The van der Waals surface area contributed by atoms with Gasteiger partial charge in [0.2, 0.25) is 15.9 Å². The predicted molar refractivity (Wildman–Crippen MR) is 102 cm³/mol. The summed E-state index contributed by atoms with van der Waals surface area (Å²) in [4.78, 5) is 28.8. The second kappa shape index (κ2) is 7.83. The maximum absolute atomic E-state index is 12.2. The summed E-state index contributed by atoms with van der Waals surface area (Å²) in [6, 6.07) is 7.51. The van der Waals surface area contributed by atoms with E-state index in [0.29, 0.717) is 29.6 Å². The second-order valence-electron chi connectivity index (χ2n) is 6.35. The molecule has 2 heterocycles. The number of hydrogen-bond acceptors (Lipinski definition) is 6. The molecule has 0 radical (unpaired) electrons. The molecule has 0 saturated heterocycles. The molecule has 3 rings (SSSR count). The number of sulfonamides is 1. The zero-order chi connectivity index (χ0) is 19.6. The molecule has 2 aromatic rings. The maximum atomic E-state index is 12.2. The SMILES string of the molecule is Cc1cc(=O)n2c(n1)SC[C@H]2CC(=O)NCCc1ccc(S(N)(=O)=O)cc1. The van der Waals surface area contributed by atoms with Gasteiger partial charge in [-0.05, 0) is 31.0 Å². The van der Waals surface area contributed by atoms with Crippen molar-refractivity contribution in [2.24, 2.45) is 5.14 Å². The van der Waals surface area contributed by atoms with Crippen LogP contribution in [0.5, 0.6) is 0 Å². The number of amides is 1. The Balaban J connectivity index is 1.52. The van der Waals surface area contributed by atoms with Gasteiger partial charge in [0.1, 0.15) is 0 Å². The van der Waals surface area contributed by atoms with Gasteiger partial charge in [0, 0.05) is 30.5 Å². The Morgan fingerprint density at radius 3 is 2.74 bits per heavy atom. The van der Waals surface area contributed by atoms with E-state index >= 15 is 0 Å². The highest BCUT2D eigenvalue weighted by Crippen LogP contribution is 2.31. The molecule has 1 amide bonds. The Kier molecular flexibility index (Phi) is 5.68. The number of aryl methyl sites for hydroxylation is 1. The van der Waals surface area contributed by atoms with Crippen LogP contribution in [0.25, 0.3) is 0 Å². The summed E-state index contributed by atoms with van der Waals surface area (Å²) < 4.78 is 24.1. The lowest BCUT2D eigenvalue weighted by Crippen LogP contribution is -2.31. The van der Waals surface area contributed by atoms with Crippen molar-refractivity contribution < 1.29 is 13.2 Å². The third-order valence-electron chi connectivity index (χ3n) is 4.23. The monoisotopic (exact) mass is 408 g/mol. The summed E-state index contributed by atoms with van der Waals surface area (Å²) in [5.74, 6) is 0.510. The number of thioether (sulfide) groups is 1. The third kappa shape index (κ3) is 4.76. The fourth-order valence-corrected chi connectivity index (χ4v) is 4.60. The van der Waals surface area contributed by atoms with E-state index < -0.39 is 10.0 Å². The molecule has 1 aromatic carbocycles. The molecule has 144 valence electrons. The number of rotatable bonds is 6. The minimum atomic E-state index is -3.70. The zero-order valence-electron chi connectivity index (χ0n) is 14.7. The molecule has 8 nitrogen and oxygen atoms in total. The Morgan fingerprint density at radius 1 is 1.37 bits per heavy atom. The molecule has 0 unspecified atom stereocenters. The number of aromatic nitrogens is 2. The number of carbonyl (C=O) groups excluding carboxylic acids is 1. The molecule has 0 spiro atoms. The largest absolute Gasteiger partial charge is 0.356 e. The Bertz CT molecular complexity index is 1020. The van der Waals surface area contributed by atoms with Crippen molar-refractivity contribution in [2.45, 2.75) is 35.9 Å². The standard InChI is InChI=1S/C17H20N4O4S2/c1-11-8-16(23)21-13(10-26-17(21)20-11)9-15(22)19-7-6-12-2-4-14(5-3-12)27(18,24)25/h2-5,8,13H,6-7,9-10H2,1H3,(H,19,22)(H2,18,24,25)/t13-/m1/s1. The fraction of sp³-hybridized carbons (Fsp3) is 0.353. The molecule has 1 aliphatic rings. The molecule has 0 fully saturated rings. The molecular weight excluding hydrogens is 388 g/mol. The minimum absolute atomic E-state index is 0.0574. The number of primary sulfonamides is 1. The lowest BCUT2D eigenvalue weighted by atomic mass is 10.1. The summed E-state index contributed by atoms with van der Waals surface area (Å²) in [6.45, 7) is 2.19. The molecule has 0 bridgehead atoms. The summed E-state index contributed by atoms with van der Waals surface area (Å²) in [5, 5.41) is 8.56. The topological polar surface area (TPSA) is 124 Å². The number of benzene rings is 1. The third-order valence-corrected chi connectivity index (χ3v) is 6.25. The van der Waals surface area contributed by atoms with Gasteiger partial charge in [-0.3, -0.25) is 14.2 Å². The van der Waals surface area contributed by atoms with Crippen molar-refractivity contribution >= 4 is 27.7 Å². The molecule has 27 heavy (non-hydrogen) atoms. The molecule has 1 aromatic heterocycles. The van der Waals surface area contributed by atoms with Crippen molar-refractivity contribution in [2.75, 3.05) is 12.3 Å². The van der Waals surface area contributed by atoms with Crippen LogP contribution in [0.4, 0.5) is 0 Å². The number of nitrogens with one attached hydrogen (secondary N) is 1. The van der Waals surface area contributed by atoms with Gasteiger partial charge >= 0.3 is 0 Å². The average molecular weight is 409 g/mol. The summed E-state index contributed by atoms with van der Waals surface area (Å²) in [5.41, 5.74) is 1.44. The van der Waals surface area contributed by atoms with Crippen LogP contribution < -0.4 is 16.0 Å². The minimum Gasteiger partial charge on any atom is -0.356 e. The first-order valence-electron chi connectivity index (χ1n) is 8.35. The van der Waals surface area contributed by atoms with Crippen LogP contribution >= 0.6 is 11.8 Å². The molecule has 1 atom stereocenters. The van der Waals surface area contributed by atoms with Crippen LogP contribution in [0, 0.1) is 6.92 Å². The Labute approximate surface area is 161 Å². The lowest BCUT2D eigenvalue weighted by molar-refractivity contribution is -0.121. The van der Waals surface area contributed by atoms with Crippen molar-refractivity contribution in [1.29, 1.82) is 0 Å². The Morgan fingerprint density at radius 2 is 2.07 bits per heavy atom. The summed E-state index contributed by atoms with van der Waals surface area (Å²) >= 11 is 1.48. The van der Waals surface area contributed by atoms with E-state index in [-0.39, 0.29) is 28.8 Å². The highest BCUT2D eigenvalue weighted by atomic mass is 32.2. The summed E-state index contributed by atoms with van der Waals surface area (Å²) in [6.07, 6.45) is 0.780. The van der Waals surface area contributed by atoms with Gasteiger partial charge in [-0.25, -0.2) is 18.5 Å². The number of nitrogens with zero attached hydrogens (tertiary/aromatic N) is 2. The van der Waals surface area contributed by atoms with Crippen molar-refractivity contribution in [1.82, 2.24) is 14.9 Å². The highest BCUT2D eigenvalue weighted by Gasteiger charge is 2.27. The molecular formula is C17H20N4O4S2. The molecule has 10 heteroatoms. The van der Waals surface area contributed by atoms with Crippen LogP contribution in [0.1, 0.15) is 23.7 Å². The van der Waals surface area contributed by atoms with E-state index in [0.717, 1.165) is 5.56 Å². The van der Waals surface area contributed by atoms with Crippen molar-refractivity contribution in [3.05, 3.63) is 51.9 Å². The number of carbonyl (C=O) groups is 1. The van der Waals surface area contributed by atoms with E-state index in [1.54, 1.807) is 23.6 Å². The number of fused-ring (bicyclic) bond motifs is 1. The van der Waals surface area contributed by atoms with E-state index in [9.17, 15) is 18.0 Å². The smallest absolute Gasteiger partial charge is 0.254 e. The second-order valence-corrected chi connectivity index (χ2v) is 8.89. The van der Waals surface area contributed by atoms with Crippen LogP contribution in [0.3, 0.4) is 0 Å². The summed E-state index contributed by atoms with van der Waals surface area (Å²) in [7, 11) is -3.70. The Hall–Kier alpha value is -2.17. The van der Waals surface area contributed by atoms with E-state index in [4.69, 9.17) is 5.14 Å². The predicted octanol–water partition coefficient (Wildman–Crippen LogP) is 0.595. The van der Waals surface area contributed by atoms with Gasteiger partial charge in [0.15, 0.2) is 5.16 Å². The van der Waals surface area contributed by atoms with Crippen molar-refractivity contribution in [3.63, 3.8) is 0 Å². The van der Waals surface area contributed by atoms with Crippen molar-refractivity contribution in [3.8, 4) is 0 Å². The van der Waals surface area contributed by atoms with Crippen LogP contribution in [-0.2, 0) is 21.2 Å². The average Bonchev–Trinajstić information content (AvgIpc) is 2.97. The number of hydrogen-bond donors (Lipinski definition) is 2. The first-order chi connectivity index (χ1) is 12.7. The van der Waals surface area contributed by atoms with Gasteiger partial charge in [0.05, 0.1) is 10.9 Å². The van der Waals surface area contributed by atoms with Crippen LogP contribution in [-0.4, -0.2) is 36.2 Å². The van der Waals surface area contributed by atoms with E-state index in [1.165, 1.54) is 30.0 Å². The normalized spacial score (nSPS) is 16.1. The lowest BCUT2D eigenvalue weighted by Gasteiger charge is -2.13. The highest BCUT2D eigenvalue weighted by molar-refractivity contribution is 7.99. The van der Waals surface area contributed by atoms with Crippen LogP contribution in [0.2, 0.25) is 0 Å². The van der Waals surface area contributed by atoms with Gasteiger partial charge < -0.3 is 5.32 Å². The van der Waals surface area contributed by atoms with E-state index in [2.05, 4.69) is 10.3 Å². The van der Waals surface area contributed by atoms with E-state index in [1.807, 2.05) is 0 Å².